The molecule has 0 heterocycles. The highest BCUT2D eigenvalue weighted by atomic mass is 35.5. The van der Waals surface area contributed by atoms with E-state index in [1.54, 1.807) is 18.2 Å². The van der Waals surface area contributed by atoms with Crippen LogP contribution in [0.15, 0.2) is 30.3 Å². The van der Waals surface area contributed by atoms with E-state index in [1.165, 1.54) is 12.1 Å². The molecule has 0 radical (unpaired) electrons. The van der Waals surface area contributed by atoms with Gasteiger partial charge in [0.25, 0.3) is 0 Å². The Labute approximate surface area is 124 Å². The molecule has 0 aliphatic rings. The van der Waals surface area contributed by atoms with E-state index in [0.717, 1.165) is 5.56 Å². The zero-order valence-electron chi connectivity index (χ0n) is 9.55. The molecule has 0 fully saturated rings. The number of benzene rings is 2. The molecular formula is C13H9Cl3FNO. The molecule has 0 saturated carbocycles. The summed E-state index contributed by atoms with van der Waals surface area (Å²) in [6.07, 6.45) is 0. The Hall–Kier alpha value is -1.16. The summed E-state index contributed by atoms with van der Waals surface area (Å²) in [6.45, 7) is 0.428. The van der Waals surface area contributed by atoms with Gasteiger partial charge in [-0.25, -0.2) is 4.39 Å². The highest BCUT2D eigenvalue weighted by molar-refractivity contribution is 6.37. The Morgan fingerprint density at radius 2 is 1.63 bits per heavy atom. The van der Waals surface area contributed by atoms with Gasteiger partial charge in [-0.1, -0.05) is 40.9 Å². The van der Waals surface area contributed by atoms with Gasteiger partial charge < -0.3 is 10.4 Å². The van der Waals surface area contributed by atoms with Crippen LogP contribution in [0.4, 0.5) is 10.1 Å². The number of phenols is 1. The maximum Gasteiger partial charge on any atom is 0.152 e. The predicted molar refractivity (Wildman–Crippen MR) is 76.9 cm³/mol. The first kappa shape index (κ1) is 14.3. The first-order valence-electron chi connectivity index (χ1n) is 5.33. The largest absolute Gasteiger partial charge is 0.505 e. The van der Waals surface area contributed by atoms with Crippen LogP contribution in [0.25, 0.3) is 0 Å². The number of nitrogens with one attached hydrogen (secondary N) is 1. The van der Waals surface area contributed by atoms with Crippen molar-refractivity contribution in [1.29, 1.82) is 0 Å². The van der Waals surface area contributed by atoms with Gasteiger partial charge in [0.2, 0.25) is 0 Å². The molecule has 100 valence electrons. The van der Waals surface area contributed by atoms with Crippen molar-refractivity contribution in [3.05, 3.63) is 56.8 Å². The molecule has 0 amide bonds. The molecule has 0 aliphatic carbocycles. The first-order chi connectivity index (χ1) is 8.97. The lowest BCUT2D eigenvalue weighted by atomic mass is 10.2. The van der Waals surface area contributed by atoms with Gasteiger partial charge in [-0.15, -0.1) is 0 Å². The van der Waals surface area contributed by atoms with Crippen LogP contribution in [0.5, 0.6) is 5.75 Å². The molecule has 2 rings (SSSR count). The third kappa shape index (κ3) is 3.44. The van der Waals surface area contributed by atoms with Gasteiger partial charge >= 0.3 is 0 Å². The number of hydrogen-bond donors (Lipinski definition) is 2. The van der Waals surface area contributed by atoms with E-state index < -0.39 is 5.82 Å². The standard InChI is InChI=1S/C13H9Cl3FNO/c14-9-3-7(1-2-12(9)17)6-18-8-4-10(15)13(19)11(16)5-8/h1-5,18-19H,6H2. The molecule has 2 aromatic rings. The molecule has 0 bridgehead atoms. The molecule has 0 saturated heterocycles. The topological polar surface area (TPSA) is 32.3 Å². The average Bonchev–Trinajstić information content (AvgIpc) is 2.37. The first-order valence-corrected chi connectivity index (χ1v) is 6.46. The van der Waals surface area contributed by atoms with E-state index in [1.807, 2.05) is 0 Å². The number of anilines is 1. The Balaban J connectivity index is 2.12. The molecule has 2 N–H and O–H groups in total. The molecule has 0 aliphatic heterocycles. The smallest absolute Gasteiger partial charge is 0.152 e. The Morgan fingerprint density at radius 3 is 2.21 bits per heavy atom. The van der Waals surface area contributed by atoms with Gasteiger partial charge in [0.15, 0.2) is 5.75 Å². The van der Waals surface area contributed by atoms with E-state index in [-0.39, 0.29) is 20.8 Å². The van der Waals surface area contributed by atoms with Crippen LogP contribution in [0.3, 0.4) is 0 Å². The van der Waals surface area contributed by atoms with Crippen LogP contribution >= 0.6 is 34.8 Å². The fourth-order valence-corrected chi connectivity index (χ4v) is 2.21. The Bertz CT molecular complexity index is 596. The number of phenolic OH excluding ortho intramolecular Hbond substituents is 1. The van der Waals surface area contributed by atoms with Gasteiger partial charge in [0.05, 0.1) is 15.1 Å². The van der Waals surface area contributed by atoms with E-state index in [0.29, 0.717) is 12.2 Å². The molecule has 6 heteroatoms. The second-order valence-corrected chi connectivity index (χ2v) is 5.11. The second kappa shape index (κ2) is 5.87. The monoisotopic (exact) mass is 319 g/mol. The van der Waals surface area contributed by atoms with E-state index >= 15 is 0 Å². The van der Waals surface area contributed by atoms with Crippen molar-refractivity contribution < 1.29 is 9.50 Å². The normalized spacial score (nSPS) is 10.5. The summed E-state index contributed by atoms with van der Waals surface area (Å²) < 4.78 is 13.0. The lowest BCUT2D eigenvalue weighted by molar-refractivity contribution is 0.476. The van der Waals surface area contributed by atoms with Crippen molar-refractivity contribution in [1.82, 2.24) is 0 Å². The van der Waals surface area contributed by atoms with Gasteiger partial charge in [-0.3, -0.25) is 0 Å². The number of aromatic hydroxyl groups is 1. The Kier molecular flexibility index (Phi) is 4.40. The van der Waals surface area contributed by atoms with Gasteiger partial charge in [0, 0.05) is 12.2 Å². The molecular weight excluding hydrogens is 312 g/mol. The van der Waals surface area contributed by atoms with Crippen molar-refractivity contribution >= 4 is 40.5 Å². The van der Waals surface area contributed by atoms with E-state index in [4.69, 9.17) is 34.8 Å². The van der Waals surface area contributed by atoms with Gasteiger partial charge in [0.1, 0.15) is 5.82 Å². The third-order valence-corrected chi connectivity index (χ3v) is 3.36. The van der Waals surface area contributed by atoms with Crippen LogP contribution in [-0.2, 0) is 6.54 Å². The zero-order chi connectivity index (χ0) is 14.0. The Morgan fingerprint density at radius 1 is 1.00 bits per heavy atom. The maximum absolute atomic E-state index is 13.0. The molecule has 19 heavy (non-hydrogen) atoms. The second-order valence-electron chi connectivity index (χ2n) is 3.89. The van der Waals surface area contributed by atoms with Gasteiger partial charge in [-0.2, -0.15) is 0 Å². The van der Waals surface area contributed by atoms with E-state index in [2.05, 4.69) is 5.32 Å². The van der Waals surface area contributed by atoms with E-state index in [9.17, 15) is 9.50 Å². The van der Waals surface area contributed by atoms with Crippen molar-refractivity contribution in [3.8, 4) is 5.75 Å². The molecule has 0 aromatic heterocycles. The lowest BCUT2D eigenvalue weighted by Gasteiger charge is -2.09. The fourth-order valence-electron chi connectivity index (χ4n) is 1.52. The van der Waals surface area contributed by atoms with Crippen molar-refractivity contribution in [2.45, 2.75) is 6.54 Å². The molecule has 2 aromatic carbocycles. The molecule has 0 unspecified atom stereocenters. The highest BCUT2D eigenvalue weighted by Gasteiger charge is 2.07. The number of halogens is 4. The summed E-state index contributed by atoms with van der Waals surface area (Å²) in [5.41, 5.74) is 1.46. The summed E-state index contributed by atoms with van der Waals surface area (Å²) in [7, 11) is 0. The summed E-state index contributed by atoms with van der Waals surface area (Å²) in [5.74, 6) is -0.611. The lowest BCUT2D eigenvalue weighted by Crippen LogP contribution is -1.99. The van der Waals surface area contributed by atoms with Crippen LogP contribution in [0.1, 0.15) is 5.56 Å². The van der Waals surface area contributed by atoms with Crippen LogP contribution in [-0.4, -0.2) is 5.11 Å². The average molecular weight is 321 g/mol. The van der Waals surface area contributed by atoms with Crippen molar-refractivity contribution in [2.24, 2.45) is 0 Å². The third-order valence-electron chi connectivity index (χ3n) is 2.50. The summed E-state index contributed by atoms with van der Waals surface area (Å²) in [5, 5.41) is 12.9. The van der Waals surface area contributed by atoms with Crippen LogP contribution in [0, 0.1) is 5.82 Å². The summed E-state index contributed by atoms with van der Waals surface area (Å²) in [6, 6.07) is 7.56. The van der Waals surface area contributed by atoms with Crippen LogP contribution in [0.2, 0.25) is 15.1 Å². The highest BCUT2D eigenvalue weighted by Crippen LogP contribution is 2.34. The summed E-state index contributed by atoms with van der Waals surface area (Å²) in [4.78, 5) is 0. The molecule has 0 atom stereocenters. The quantitative estimate of drug-likeness (QED) is 0.771. The number of hydrogen-bond acceptors (Lipinski definition) is 2. The van der Waals surface area contributed by atoms with Crippen molar-refractivity contribution in [3.63, 3.8) is 0 Å². The molecule has 2 nitrogen and oxygen atoms in total. The molecule has 0 spiro atoms. The summed E-state index contributed by atoms with van der Waals surface area (Å²) >= 11 is 17.3. The minimum Gasteiger partial charge on any atom is -0.505 e. The maximum atomic E-state index is 13.0. The number of rotatable bonds is 3. The zero-order valence-corrected chi connectivity index (χ0v) is 11.8. The predicted octanol–water partition coefficient (Wildman–Crippen LogP) is 5.10. The van der Waals surface area contributed by atoms with Crippen LogP contribution < -0.4 is 5.32 Å². The SMILES string of the molecule is Oc1c(Cl)cc(NCc2ccc(F)c(Cl)c2)cc1Cl. The fraction of sp³-hybridized carbons (Fsp3) is 0.0769. The van der Waals surface area contributed by atoms with Crippen molar-refractivity contribution in [2.75, 3.05) is 5.32 Å². The minimum absolute atomic E-state index is 0.0704. The minimum atomic E-state index is -0.457. The van der Waals surface area contributed by atoms with Gasteiger partial charge in [-0.05, 0) is 29.8 Å².